The number of benzene rings is 1. The molecule has 0 spiro atoms. The molecule has 0 fully saturated rings. The quantitative estimate of drug-likeness (QED) is 0.884. The van der Waals surface area contributed by atoms with Gasteiger partial charge < -0.3 is 4.52 Å². The average molecular weight is 309 g/mol. The predicted octanol–water partition coefficient (Wildman–Crippen LogP) is 3.44. The van der Waals surface area contributed by atoms with Gasteiger partial charge in [-0.1, -0.05) is 33.2 Å². The largest absolute Gasteiger partial charge is 0.338 e. The lowest BCUT2D eigenvalue weighted by Gasteiger charge is -2.03. The van der Waals surface area contributed by atoms with Crippen molar-refractivity contribution in [3.63, 3.8) is 0 Å². The molecule has 2 rings (SSSR count). The van der Waals surface area contributed by atoms with Crippen molar-refractivity contribution in [2.45, 2.75) is 19.2 Å². The van der Waals surface area contributed by atoms with Gasteiger partial charge in [-0.3, -0.25) is 10.1 Å². The number of aromatic nitrogens is 1. The van der Waals surface area contributed by atoms with Crippen LogP contribution in [-0.4, -0.2) is 11.1 Å². The van der Waals surface area contributed by atoms with E-state index >= 15 is 0 Å². The minimum Gasteiger partial charge on any atom is -0.338 e. The molecule has 1 N–H and O–H groups in total. The van der Waals surface area contributed by atoms with E-state index in [1.165, 1.54) is 0 Å². The van der Waals surface area contributed by atoms with Crippen molar-refractivity contribution < 1.29 is 9.32 Å². The molecule has 1 amide bonds. The fourth-order valence-corrected chi connectivity index (χ4v) is 1.83. The fourth-order valence-electron chi connectivity index (χ4n) is 1.45. The molecule has 1 heterocycles. The van der Waals surface area contributed by atoms with Gasteiger partial charge in [0.05, 0.1) is 5.69 Å². The highest BCUT2D eigenvalue weighted by atomic mass is 79.9. The molecule has 0 radical (unpaired) electrons. The van der Waals surface area contributed by atoms with Crippen molar-refractivity contribution in [1.29, 1.82) is 0 Å². The lowest BCUT2D eigenvalue weighted by Crippen LogP contribution is -2.12. The van der Waals surface area contributed by atoms with E-state index < -0.39 is 0 Å². The zero-order valence-corrected chi connectivity index (χ0v) is 11.7. The number of amides is 1. The molecule has 0 saturated carbocycles. The van der Waals surface area contributed by atoms with Crippen molar-refractivity contribution in [3.05, 3.63) is 46.6 Å². The highest BCUT2D eigenvalue weighted by molar-refractivity contribution is 9.08. The normalized spacial score (nSPS) is 10.4. The lowest BCUT2D eigenvalue weighted by atomic mass is 10.1. The van der Waals surface area contributed by atoms with E-state index in [1.807, 2.05) is 26.0 Å². The van der Waals surface area contributed by atoms with E-state index in [9.17, 15) is 4.79 Å². The maximum atomic E-state index is 12.0. The van der Waals surface area contributed by atoms with Crippen molar-refractivity contribution in [3.8, 4) is 0 Å². The average Bonchev–Trinajstić information content (AvgIpc) is 2.71. The van der Waals surface area contributed by atoms with Gasteiger partial charge in [0.1, 0.15) is 0 Å². The number of nitrogens with zero attached hydrogens (tertiary/aromatic N) is 1. The van der Waals surface area contributed by atoms with Gasteiger partial charge in [0.15, 0.2) is 0 Å². The van der Waals surface area contributed by atoms with Gasteiger partial charge in [0.2, 0.25) is 5.88 Å². The minimum absolute atomic E-state index is 0.199. The lowest BCUT2D eigenvalue weighted by molar-refractivity contribution is 0.102. The minimum atomic E-state index is -0.199. The summed E-state index contributed by atoms with van der Waals surface area (Å²) in [7, 11) is 0. The zero-order chi connectivity index (χ0) is 13.1. The van der Waals surface area contributed by atoms with E-state index in [0.717, 1.165) is 22.2 Å². The van der Waals surface area contributed by atoms with E-state index in [-0.39, 0.29) is 5.91 Å². The number of nitrogens with one attached hydrogen (secondary N) is 1. The summed E-state index contributed by atoms with van der Waals surface area (Å²) in [6.07, 6.45) is 0. The van der Waals surface area contributed by atoms with Crippen molar-refractivity contribution in [1.82, 2.24) is 5.16 Å². The molecule has 18 heavy (non-hydrogen) atoms. The van der Waals surface area contributed by atoms with E-state index in [1.54, 1.807) is 12.1 Å². The Kier molecular flexibility index (Phi) is 3.81. The fraction of sp³-hybridized carbons (Fsp3) is 0.231. The Morgan fingerprint density at radius 3 is 2.50 bits per heavy atom. The van der Waals surface area contributed by atoms with Crippen LogP contribution in [0.2, 0.25) is 0 Å². The summed E-state index contributed by atoms with van der Waals surface area (Å²) >= 11 is 3.36. The summed E-state index contributed by atoms with van der Waals surface area (Å²) in [5.41, 5.74) is 3.34. The van der Waals surface area contributed by atoms with Crippen LogP contribution in [0, 0.1) is 13.8 Å². The van der Waals surface area contributed by atoms with Crippen LogP contribution in [0.4, 0.5) is 5.88 Å². The first-order chi connectivity index (χ1) is 8.61. The second-order valence-corrected chi connectivity index (χ2v) is 4.57. The van der Waals surface area contributed by atoms with Gasteiger partial charge in [-0.25, -0.2) is 0 Å². The molecule has 0 saturated heterocycles. The Labute approximate surface area is 113 Å². The van der Waals surface area contributed by atoms with Crippen LogP contribution in [0.15, 0.2) is 28.8 Å². The molecule has 0 unspecified atom stereocenters. The maximum absolute atomic E-state index is 12.0. The third-order valence-electron chi connectivity index (χ3n) is 2.75. The Hall–Kier alpha value is -1.62. The van der Waals surface area contributed by atoms with Crippen LogP contribution in [0.25, 0.3) is 0 Å². The summed E-state index contributed by atoms with van der Waals surface area (Å²) < 4.78 is 5.04. The monoisotopic (exact) mass is 308 g/mol. The summed E-state index contributed by atoms with van der Waals surface area (Å²) in [6.45, 7) is 3.69. The molecule has 0 aliphatic rings. The van der Waals surface area contributed by atoms with E-state index in [2.05, 4.69) is 26.4 Å². The Bertz CT molecular complexity index is 561. The van der Waals surface area contributed by atoms with Gasteiger partial charge >= 0.3 is 0 Å². The zero-order valence-electron chi connectivity index (χ0n) is 10.2. The molecule has 1 aromatic carbocycles. The second-order valence-electron chi connectivity index (χ2n) is 4.01. The Morgan fingerprint density at radius 1 is 1.33 bits per heavy atom. The van der Waals surface area contributed by atoms with Gasteiger partial charge in [0, 0.05) is 16.5 Å². The number of anilines is 1. The Morgan fingerprint density at radius 2 is 2.00 bits per heavy atom. The smallest absolute Gasteiger partial charge is 0.258 e. The molecule has 0 bridgehead atoms. The first-order valence-corrected chi connectivity index (χ1v) is 6.63. The van der Waals surface area contributed by atoms with Crippen molar-refractivity contribution >= 4 is 27.7 Å². The van der Waals surface area contributed by atoms with Gasteiger partial charge in [-0.05, 0) is 31.5 Å². The molecular weight excluding hydrogens is 296 g/mol. The second kappa shape index (κ2) is 5.35. The highest BCUT2D eigenvalue weighted by Gasteiger charge is 2.12. The Balaban J connectivity index is 2.14. The van der Waals surface area contributed by atoms with Gasteiger partial charge in [-0.2, -0.15) is 0 Å². The predicted molar refractivity (Wildman–Crippen MR) is 73.0 cm³/mol. The van der Waals surface area contributed by atoms with Crippen molar-refractivity contribution in [2.75, 3.05) is 5.32 Å². The molecule has 0 aliphatic heterocycles. The van der Waals surface area contributed by atoms with Gasteiger partial charge in [-0.15, -0.1) is 0 Å². The van der Waals surface area contributed by atoms with Crippen LogP contribution in [0.1, 0.15) is 27.2 Å². The number of carbonyl (C=O) groups is 1. The molecule has 0 aliphatic carbocycles. The van der Waals surface area contributed by atoms with Crippen LogP contribution in [0.3, 0.4) is 0 Å². The molecule has 1 aromatic heterocycles. The maximum Gasteiger partial charge on any atom is 0.258 e. The number of hydrogen-bond acceptors (Lipinski definition) is 3. The van der Waals surface area contributed by atoms with Crippen LogP contribution in [-0.2, 0) is 5.33 Å². The first kappa shape index (κ1) is 12.8. The SMILES string of the molecule is Cc1noc(NC(=O)c2ccc(CBr)cc2)c1C. The summed E-state index contributed by atoms with van der Waals surface area (Å²) in [5.74, 6) is 0.206. The number of halogens is 1. The first-order valence-electron chi connectivity index (χ1n) is 5.51. The molecule has 94 valence electrons. The molecule has 4 nitrogen and oxygen atoms in total. The number of alkyl halides is 1. The molecular formula is C13H13BrN2O2. The third kappa shape index (κ3) is 2.61. The standard InChI is InChI=1S/C13H13BrN2O2/c1-8-9(2)16-18-13(8)15-12(17)11-5-3-10(7-14)4-6-11/h3-6H,7H2,1-2H3,(H,15,17). The summed E-state index contributed by atoms with van der Waals surface area (Å²) in [5, 5.41) is 7.27. The number of hydrogen-bond donors (Lipinski definition) is 1. The van der Waals surface area contributed by atoms with Gasteiger partial charge in [0.25, 0.3) is 5.91 Å². The summed E-state index contributed by atoms with van der Waals surface area (Å²) in [6, 6.07) is 7.37. The van der Waals surface area contributed by atoms with E-state index in [4.69, 9.17) is 4.52 Å². The van der Waals surface area contributed by atoms with Crippen LogP contribution >= 0.6 is 15.9 Å². The number of carbonyl (C=O) groups excluding carboxylic acids is 1. The highest BCUT2D eigenvalue weighted by Crippen LogP contribution is 2.18. The molecule has 5 heteroatoms. The topological polar surface area (TPSA) is 55.1 Å². The van der Waals surface area contributed by atoms with Crippen LogP contribution < -0.4 is 5.32 Å². The molecule has 0 atom stereocenters. The van der Waals surface area contributed by atoms with Crippen molar-refractivity contribution in [2.24, 2.45) is 0 Å². The number of aryl methyl sites for hydroxylation is 1. The summed E-state index contributed by atoms with van der Waals surface area (Å²) in [4.78, 5) is 12.0. The number of rotatable bonds is 3. The third-order valence-corrected chi connectivity index (χ3v) is 3.40. The van der Waals surface area contributed by atoms with E-state index in [0.29, 0.717) is 11.4 Å². The molecule has 2 aromatic rings. The van der Waals surface area contributed by atoms with Crippen LogP contribution in [0.5, 0.6) is 0 Å².